The van der Waals surface area contributed by atoms with E-state index >= 15 is 0 Å². The number of piperidine rings is 1. The molecule has 4 nitrogen and oxygen atoms in total. The molecule has 0 aliphatic carbocycles. The van der Waals surface area contributed by atoms with Gasteiger partial charge in [-0.25, -0.2) is 4.79 Å². The van der Waals surface area contributed by atoms with Gasteiger partial charge in [-0.05, 0) is 62.5 Å². The van der Waals surface area contributed by atoms with E-state index in [1.807, 2.05) is 25.1 Å². The summed E-state index contributed by atoms with van der Waals surface area (Å²) in [4.78, 5) is 11.9. The van der Waals surface area contributed by atoms with Gasteiger partial charge in [0.1, 0.15) is 5.75 Å². The first-order valence-electron chi connectivity index (χ1n) is 6.82. The zero-order valence-corrected chi connectivity index (χ0v) is 11.6. The third kappa shape index (κ3) is 3.26. The van der Waals surface area contributed by atoms with Gasteiger partial charge in [-0.3, -0.25) is 0 Å². The molecule has 104 valence electrons. The maximum atomic E-state index is 11.9. The van der Waals surface area contributed by atoms with Crippen molar-refractivity contribution in [3.05, 3.63) is 29.3 Å². The molecule has 0 radical (unpaired) electrons. The first-order valence-corrected chi connectivity index (χ1v) is 6.82. The lowest BCUT2D eigenvalue weighted by atomic mass is 9.87. The zero-order chi connectivity index (χ0) is 13.7. The lowest BCUT2D eigenvalue weighted by Gasteiger charge is -2.25. The van der Waals surface area contributed by atoms with Crippen LogP contribution >= 0.6 is 0 Å². The Morgan fingerprint density at radius 1 is 1.37 bits per heavy atom. The molecular formula is C15H21NO3. The molecule has 19 heavy (non-hydrogen) atoms. The molecule has 0 saturated carbocycles. The van der Waals surface area contributed by atoms with Crippen LogP contribution < -0.4 is 10.1 Å². The predicted octanol–water partition coefficient (Wildman–Crippen LogP) is 2.34. The van der Waals surface area contributed by atoms with E-state index in [2.05, 4.69) is 5.32 Å². The predicted molar refractivity (Wildman–Crippen MR) is 73.8 cm³/mol. The Morgan fingerprint density at radius 3 is 2.74 bits per heavy atom. The Morgan fingerprint density at radius 2 is 2.11 bits per heavy atom. The quantitative estimate of drug-likeness (QED) is 0.847. The third-order valence-corrected chi connectivity index (χ3v) is 3.52. The number of carbonyl (C=O) groups is 1. The number of hydrogen-bond acceptors (Lipinski definition) is 4. The summed E-state index contributed by atoms with van der Waals surface area (Å²) in [7, 11) is 1.42. The van der Waals surface area contributed by atoms with Gasteiger partial charge >= 0.3 is 5.97 Å². The van der Waals surface area contributed by atoms with E-state index in [4.69, 9.17) is 9.47 Å². The molecule has 1 N–H and O–H groups in total. The summed E-state index contributed by atoms with van der Waals surface area (Å²) in [5, 5.41) is 3.34. The first-order chi connectivity index (χ1) is 9.26. The Labute approximate surface area is 114 Å². The van der Waals surface area contributed by atoms with Crippen molar-refractivity contribution in [3.63, 3.8) is 0 Å². The van der Waals surface area contributed by atoms with E-state index in [-0.39, 0.29) is 5.97 Å². The average Bonchev–Trinajstić information content (AvgIpc) is 2.47. The van der Waals surface area contributed by atoms with Crippen LogP contribution in [0.5, 0.6) is 5.75 Å². The van der Waals surface area contributed by atoms with Gasteiger partial charge in [-0.2, -0.15) is 0 Å². The standard InChI is InChI=1S/C15H21NO3/c1-3-19-12-4-5-13(15(17)18-2)14(10-12)11-6-8-16-9-7-11/h4-5,10-11,16H,3,6-9H2,1-2H3. The molecule has 0 atom stereocenters. The Bertz CT molecular complexity index is 439. The van der Waals surface area contributed by atoms with Crippen molar-refractivity contribution in [2.24, 2.45) is 0 Å². The molecule has 1 fully saturated rings. The molecule has 0 aromatic heterocycles. The van der Waals surface area contributed by atoms with Crippen LogP contribution in [0.25, 0.3) is 0 Å². The van der Waals surface area contributed by atoms with Crippen LogP contribution in [0.2, 0.25) is 0 Å². The van der Waals surface area contributed by atoms with Gasteiger partial charge in [-0.1, -0.05) is 0 Å². The van der Waals surface area contributed by atoms with Gasteiger partial charge in [0, 0.05) is 0 Å². The molecule has 1 saturated heterocycles. The SMILES string of the molecule is CCOc1ccc(C(=O)OC)c(C2CCNCC2)c1. The molecule has 2 rings (SSSR count). The highest BCUT2D eigenvalue weighted by atomic mass is 16.5. The minimum absolute atomic E-state index is 0.267. The fourth-order valence-corrected chi connectivity index (χ4v) is 2.56. The average molecular weight is 263 g/mol. The molecule has 0 bridgehead atoms. The number of hydrogen-bond donors (Lipinski definition) is 1. The normalized spacial score (nSPS) is 16.1. The molecule has 4 heteroatoms. The molecular weight excluding hydrogens is 242 g/mol. The van der Waals surface area contributed by atoms with Crippen molar-refractivity contribution in [1.82, 2.24) is 5.32 Å². The van der Waals surface area contributed by atoms with Crippen molar-refractivity contribution in [2.75, 3.05) is 26.8 Å². The zero-order valence-electron chi connectivity index (χ0n) is 11.6. The van der Waals surface area contributed by atoms with Crippen LogP contribution in [-0.4, -0.2) is 32.8 Å². The number of benzene rings is 1. The second kappa shape index (κ2) is 6.57. The number of nitrogens with one attached hydrogen (secondary N) is 1. The van der Waals surface area contributed by atoms with Gasteiger partial charge < -0.3 is 14.8 Å². The smallest absolute Gasteiger partial charge is 0.338 e. The summed E-state index contributed by atoms with van der Waals surface area (Å²) in [6, 6.07) is 5.64. The van der Waals surface area contributed by atoms with Crippen molar-refractivity contribution in [2.45, 2.75) is 25.7 Å². The molecule has 1 aliphatic rings. The summed E-state index contributed by atoms with van der Waals surface area (Å²) in [6.45, 7) is 4.57. The molecule has 1 aromatic carbocycles. The van der Waals surface area contributed by atoms with E-state index in [1.54, 1.807) is 0 Å². The van der Waals surface area contributed by atoms with Crippen LogP contribution in [-0.2, 0) is 4.74 Å². The number of ether oxygens (including phenoxy) is 2. The Kier molecular flexibility index (Phi) is 4.80. The highest BCUT2D eigenvalue weighted by Crippen LogP contribution is 2.31. The molecule has 0 spiro atoms. The van der Waals surface area contributed by atoms with Crippen LogP contribution in [0.4, 0.5) is 0 Å². The first kappa shape index (κ1) is 13.9. The van der Waals surface area contributed by atoms with E-state index in [0.717, 1.165) is 37.2 Å². The Hall–Kier alpha value is -1.55. The summed E-state index contributed by atoms with van der Waals surface area (Å²) in [5.74, 6) is 0.955. The van der Waals surface area contributed by atoms with Crippen molar-refractivity contribution < 1.29 is 14.3 Å². The minimum Gasteiger partial charge on any atom is -0.494 e. The highest BCUT2D eigenvalue weighted by molar-refractivity contribution is 5.91. The number of methoxy groups -OCH3 is 1. The van der Waals surface area contributed by atoms with Gasteiger partial charge in [0.2, 0.25) is 0 Å². The van der Waals surface area contributed by atoms with Crippen LogP contribution in [0.1, 0.15) is 41.6 Å². The lowest BCUT2D eigenvalue weighted by Crippen LogP contribution is -2.27. The molecule has 1 aliphatic heterocycles. The molecule has 1 aromatic rings. The topological polar surface area (TPSA) is 47.6 Å². The molecule has 1 heterocycles. The van der Waals surface area contributed by atoms with Gasteiger partial charge in [0.05, 0.1) is 19.3 Å². The van der Waals surface area contributed by atoms with E-state index < -0.39 is 0 Å². The van der Waals surface area contributed by atoms with Gasteiger partial charge in [0.25, 0.3) is 0 Å². The van der Waals surface area contributed by atoms with Gasteiger partial charge in [0.15, 0.2) is 0 Å². The maximum absolute atomic E-state index is 11.9. The number of esters is 1. The summed E-state index contributed by atoms with van der Waals surface area (Å²) in [6.07, 6.45) is 2.08. The summed E-state index contributed by atoms with van der Waals surface area (Å²) < 4.78 is 10.4. The second-order valence-corrected chi connectivity index (χ2v) is 4.70. The molecule has 0 amide bonds. The lowest BCUT2D eigenvalue weighted by molar-refractivity contribution is 0.0598. The summed E-state index contributed by atoms with van der Waals surface area (Å²) in [5.41, 5.74) is 1.72. The van der Waals surface area contributed by atoms with Crippen LogP contribution in [0, 0.1) is 0 Å². The highest BCUT2D eigenvalue weighted by Gasteiger charge is 2.22. The minimum atomic E-state index is -0.267. The molecule has 0 unspecified atom stereocenters. The van der Waals surface area contributed by atoms with E-state index in [0.29, 0.717) is 18.1 Å². The Balaban J connectivity index is 2.33. The van der Waals surface area contributed by atoms with Gasteiger partial charge in [-0.15, -0.1) is 0 Å². The van der Waals surface area contributed by atoms with Crippen molar-refractivity contribution in [3.8, 4) is 5.75 Å². The van der Waals surface area contributed by atoms with E-state index in [1.165, 1.54) is 7.11 Å². The van der Waals surface area contributed by atoms with Crippen LogP contribution in [0.15, 0.2) is 18.2 Å². The number of carbonyl (C=O) groups excluding carboxylic acids is 1. The maximum Gasteiger partial charge on any atom is 0.338 e. The fourth-order valence-electron chi connectivity index (χ4n) is 2.56. The van der Waals surface area contributed by atoms with Crippen molar-refractivity contribution in [1.29, 1.82) is 0 Å². The largest absolute Gasteiger partial charge is 0.494 e. The third-order valence-electron chi connectivity index (χ3n) is 3.52. The second-order valence-electron chi connectivity index (χ2n) is 4.70. The number of rotatable bonds is 4. The monoisotopic (exact) mass is 263 g/mol. The van der Waals surface area contributed by atoms with Crippen molar-refractivity contribution >= 4 is 5.97 Å². The van der Waals surface area contributed by atoms with E-state index in [9.17, 15) is 4.79 Å². The van der Waals surface area contributed by atoms with Crippen LogP contribution in [0.3, 0.4) is 0 Å². The summed E-state index contributed by atoms with van der Waals surface area (Å²) >= 11 is 0. The fraction of sp³-hybridized carbons (Fsp3) is 0.533.